The highest BCUT2D eigenvalue weighted by molar-refractivity contribution is 7.99. The number of aliphatic hydroxyl groups excluding tert-OH is 1. The lowest BCUT2D eigenvalue weighted by Crippen LogP contribution is -1.99. The third kappa shape index (κ3) is 2.88. The zero-order valence-corrected chi connectivity index (χ0v) is 8.74. The van der Waals surface area contributed by atoms with Crippen LogP contribution in [0, 0.1) is 0 Å². The lowest BCUT2D eigenvalue weighted by Gasteiger charge is -2.07. The fourth-order valence-electron chi connectivity index (χ4n) is 1.02. The van der Waals surface area contributed by atoms with E-state index in [-0.39, 0.29) is 6.61 Å². The van der Waals surface area contributed by atoms with Crippen LogP contribution in [0.15, 0.2) is 23.1 Å². The molecule has 0 spiro atoms. The number of rotatable bonds is 4. The van der Waals surface area contributed by atoms with Gasteiger partial charge in [0, 0.05) is 17.2 Å². The maximum absolute atomic E-state index is 8.69. The van der Waals surface area contributed by atoms with E-state index in [0.717, 1.165) is 10.5 Å². The minimum Gasteiger partial charge on any atom is -0.396 e. The van der Waals surface area contributed by atoms with Gasteiger partial charge in [0.2, 0.25) is 0 Å². The number of hydrogen-bond acceptors (Lipinski definition) is 3. The van der Waals surface area contributed by atoms with Crippen molar-refractivity contribution >= 4 is 23.4 Å². The molecule has 0 fully saturated rings. The molecule has 0 bridgehead atoms. The summed E-state index contributed by atoms with van der Waals surface area (Å²) >= 11 is 7.52. The Kier molecular flexibility index (Phi) is 4.59. The highest BCUT2D eigenvalue weighted by Crippen LogP contribution is 2.30. The summed E-state index contributed by atoms with van der Waals surface area (Å²) in [6, 6.07) is 5.67. The largest absolute Gasteiger partial charge is 0.396 e. The summed E-state index contributed by atoms with van der Waals surface area (Å²) in [5, 5.41) is 9.40. The molecule has 4 heteroatoms. The quantitative estimate of drug-likeness (QED) is 0.758. The fourth-order valence-corrected chi connectivity index (χ4v) is 2.22. The molecular weight excluding hydrogens is 206 g/mol. The molecule has 13 heavy (non-hydrogen) atoms. The van der Waals surface area contributed by atoms with Gasteiger partial charge < -0.3 is 10.8 Å². The number of nitrogens with two attached hydrogens (primary N) is 1. The van der Waals surface area contributed by atoms with Crippen LogP contribution < -0.4 is 5.73 Å². The lowest BCUT2D eigenvalue weighted by molar-refractivity contribution is 0.322. The molecule has 1 rings (SSSR count). The van der Waals surface area contributed by atoms with Gasteiger partial charge in [0.1, 0.15) is 0 Å². The summed E-state index contributed by atoms with van der Waals surface area (Å²) in [5.74, 6) is 0.650. The molecule has 0 radical (unpaired) electrons. The van der Waals surface area contributed by atoms with Crippen molar-refractivity contribution in [2.24, 2.45) is 5.73 Å². The van der Waals surface area contributed by atoms with Crippen molar-refractivity contribution in [3.05, 3.63) is 28.8 Å². The van der Waals surface area contributed by atoms with Crippen LogP contribution in [0.5, 0.6) is 0 Å². The Morgan fingerprint density at radius 1 is 1.46 bits per heavy atom. The standard InChI is InChI=1S/C9H12ClNOS/c10-8-3-1-2-7(6-11)9(8)13-5-4-12/h1-3,12H,4-6,11H2. The fraction of sp³-hybridized carbons (Fsp3) is 0.333. The van der Waals surface area contributed by atoms with Gasteiger partial charge in [0.15, 0.2) is 0 Å². The van der Waals surface area contributed by atoms with E-state index >= 15 is 0 Å². The summed E-state index contributed by atoms with van der Waals surface area (Å²) in [4.78, 5) is 0.987. The molecule has 0 aliphatic heterocycles. The molecule has 1 aromatic rings. The normalized spacial score (nSPS) is 10.4. The Hall–Kier alpha value is -0.220. The second-order valence-corrected chi connectivity index (χ2v) is 4.02. The van der Waals surface area contributed by atoms with Crippen LogP contribution in [0.4, 0.5) is 0 Å². The third-order valence-electron chi connectivity index (χ3n) is 1.61. The van der Waals surface area contributed by atoms with Crippen molar-refractivity contribution < 1.29 is 5.11 Å². The van der Waals surface area contributed by atoms with Gasteiger partial charge in [-0.05, 0) is 11.6 Å². The first-order chi connectivity index (χ1) is 6.29. The van der Waals surface area contributed by atoms with Gasteiger partial charge in [0.25, 0.3) is 0 Å². The second kappa shape index (κ2) is 5.50. The Labute approximate surface area is 87.1 Å². The molecule has 0 saturated heterocycles. The predicted molar refractivity (Wildman–Crippen MR) is 57.2 cm³/mol. The van der Waals surface area contributed by atoms with Crippen LogP contribution in [0.25, 0.3) is 0 Å². The highest BCUT2D eigenvalue weighted by Gasteiger charge is 2.05. The molecule has 0 unspecified atom stereocenters. The van der Waals surface area contributed by atoms with E-state index in [1.54, 1.807) is 0 Å². The molecule has 0 atom stereocenters. The van der Waals surface area contributed by atoms with Gasteiger partial charge in [-0.2, -0.15) is 0 Å². The number of aliphatic hydroxyl groups is 1. The van der Waals surface area contributed by atoms with Gasteiger partial charge in [-0.25, -0.2) is 0 Å². The number of hydrogen-bond donors (Lipinski definition) is 2. The molecule has 0 aliphatic carbocycles. The van der Waals surface area contributed by atoms with Crippen molar-refractivity contribution in [3.8, 4) is 0 Å². The maximum Gasteiger partial charge on any atom is 0.0545 e. The van der Waals surface area contributed by atoms with E-state index in [1.807, 2.05) is 18.2 Å². The minimum atomic E-state index is 0.153. The summed E-state index contributed by atoms with van der Waals surface area (Å²) in [5.41, 5.74) is 6.59. The molecule has 0 heterocycles. The van der Waals surface area contributed by atoms with Gasteiger partial charge in [0.05, 0.1) is 11.6 Å². The van der Waals surface area contributed by atoms with Gasteiger partial charge in [-0.3, -0.25) is 0 Å². The zero-order chi connectivity index (χ0) is 9.68. The summed E-state index contributed by atoms with van der Waals surface area (Å²) in [6.45, 7) is 0.633. The first-order valence-corrected chi connectivity index (χ1v) is 5.37. The van der Waals surface area contributed by atoms with Crippen LogP contribution >= 0.6 is 23.4 Å². The third-order valence-corrected chi connectivity index (χ3v) is 3.19. The number of benzene rings is 1. The summed E-state index contributed by atoms with van der Waals surface area (Å²) in [7, 11) is 0. The topological polar surface area (TPSA) is 46.2 Å². The second-order valence-electron chi connectivity index (χ2n) is 2.50. The van der Waals surface area contributed by atoms with E-state index in [0.29, 0.717) is 17.3 Å². The molecule has 0 amide bonds. The molecule has 0 aromatic heterocycles. The Morgan fingerprint density at radius 3 is 2.85 bits per heavy atom. The first kappa shape index (κ1) is 10.9. The van der Waals surface area contributed by atoms with Crippen LogP contribution in [0.3, 0.4) is 0 Å². The predicted octanol–water partition coefficient (Wildman–Crippen LogP) is 1.88. The summed E-state index contributed by atoms with van der Waals surface area (Å²) < 4.78 is 0. The van der Waals surface area contributed by atoms with E-state index in [9.17, 15) is 0 Å². The van der Waals surface area contributed by atoms with E-state index < -0.39 is 0 Å². The zero-order valence-electron chi connectivity index (χ0n) is 7.16. The maximum atomic E-state index is 8.69. The molecule has 72 valence electrons. The van der Waals surface area contributed by atoms with Gasteiger partial charge in [-0.15, -0.1) is 11.8 Å². The summed E-state index contributed by atoms with van der Waals surface area (Å²) in [6.07, 6.45) is 0. The van der Waals surface area contributed by atoms with Crippen molar-refractivity contribution in [2.75, 3.05) is 12.4 Å². The van der Waals surface area contributed by atoms with E-state index in [4.69, 9.17) is 22.4 Å². The number of halogens is 1. The minimum absolute atomic E-state index is 0.153. The smallest absolute Gasteiger partial charge is 0.0545 e. The Balaban J connectivity index is 2.87. The Morgan fingerprint density at radius 2 is 2.23 bits per heavy atom. The van der Waals surface area contributed by atoms with E-state index in [2.05, 4.69) is 0 Å². The van der Waals surface area contributed by atoms with Crippen molar-refractivity contribution in [1.82, 2.24) is 0 Å². The monoisotopic (exact) mass is 217 g/mol. The highest BCUT2D eigenvalue weighted by atomic mass is 35.5. The number of thioether (sulfide) groups is 1. The first-order valence-electron chi connectivity index (χ1n) is 4.00. The molecule has 0 aliphatic rings. The van der Waals surface area contributed by atoms with Gasteiger partial charge in [-0.1, -0.05) is 23.7 Å². The van der Waals surface area contributed by atoms with Crippen molar-refractivity contribution in [2.45, 2.75) is 11.4 Å². The van der Waals surface area contributed by atoms with Crippen LogP contribution in [-0.4, -0.2) is 17.5 Å². The van der Waals surface area contributed by atoms with E-state index in [1.165, 1.54) is 11.8 Å². The Bertz CT molecular complexity index is 280. The van der Waals surface area contributed by atoms with Crippen molar-refractivity contribution in [1.29, 1.82) is 0 Å². The molecule has 3 N–H and O–H groups in total. The molecule has 2 nitrogen and oxygen atoms in total. The van der Waals surface area contributed by atoms with Crippen LogP contribution in [-0.2, 0) is 6.54 Å². The molecular formula is C9H12ClNOS. The SMILES string of the molecule is NCc1cccc(Cl)c1SCCO. The average molecular weight is 218 g/mol. The van der Waals surface area contributed by atoms with Gasteiger partial charge >= 0.3 is 0 Å². The van der Waals surface area contributed by atoms with Crippen LogP contribution in [0.2, 0.25) is 5.02 Å². The molecule has 0 saturated carbocycles. The molecule has 1 aromatic carbocycles. The van der Waals surface area contributed by atoms with Crippen molar-refractivity contribution in [3.63, 3.8) is 0 Å². The average Bonchev–Trinajstić information content (AvgIpc) is 2.15. The lowest BCUT2D eigenvalue weighted by atomic mass is 10.2. The van der Waals surface area contributed by atoms with Crippen LogP contribution in [0.1, 0.15) is 5.56 Å².